The van der Waals surface area contributed by atoms with Gasteiger partial charge in [-0.2, -0.15) is 0 Å². The molecule has 0 N–H and O–H groups in total. The fourth-order valence-electron chi connectivity index (χ4n) is 0.594. The second-order valence-corrected chi connectivity index (χ2v) is 2.02. The molecule has 1 heterocycles. The minimum Gasteiger partial charge on any atom is -0.491 e. The summed E-state index contributed by atoms with van der Waals surface area (Å²) < 4.78 is 5.12. The molecule has 0 saturated carbocycles. The zero-order valence-electron chi connectivity index (χ0n) is 5.60. The van der Waals surface area contributed by atoms with Gasteiger partial charge in [0.25, 0.3) is 0 Å². The molecule has 0 aliphatic carbocycles. The fraction of sp³-hybridized carbons (Fsp3) is 0.286. The molecule has 1 rings (SSSR count). The smallest absolute Gasteiger partial charge is 0.171 e. The molecule has 0 fully saturated rings. The van der Waals surface area contributed by atoms with Crippen LogP contribution in [0.4, 0.5) is 0 Å². The van der Waals surface area contributed by atoms with E-state index in [0.29, 0.717) is 17.5 Å². The molecule has 0 amide bonds. The van der Waals surface area contributed by atoms with Gasteiger partial charge in [0.15, 0.2) is 10.9 Å². The summed E-state index contributed by atoms with van der Waals surface area (Å²) in [5.74, 6) is 0.614. The topological polar surface area (TPSA) is 22.1 Å². The van der Waals surface area contributed by atoms with E-state index in [4.69, 9.17) is 16.3 Å². The molecule has 0 aliphatic heterocycles. The van der Waals surface area contributed by atoms with Crippen molar-refractivity contribution in [2.24, 2.45) is 0 Å². The molecule has 1 aromatic rings. The van der Waals surface area contributed by atoms with E-state index in [9.17, 15) is 0 Å². The summed E-state index contributed by atoms with van der Waals surface area (Å²) in [5.41, 5.74) is 0. The highest BCUT2D eigenvalue weighted by Gasteiger charge is 1.97. The van der Waals surface area contributed by atoms with Gasteiger partial charge in [-0.05, 0) is 19.1 Å². The zero-order chi connectivity index (χ0) is 7.40. The molecule has 0 unspecified atom stereocenters. The van der Waals surface area contributed by atoms with Crippen molar-refractivity contribution in [3.8, 4) is 5.75 Å². The second kappa shape index (κ2) is 3.42. The zero-order valence-corrected chi connectivity index (χ0v) is 6.35. The lowest BCUT2D eigenvalue weighted by atomic mass is 10.5. The standard InChI is InChI=1S/C7H7ClNO/c1-2-10-6-4-3-5-9-7(6)8/h3-4H,2H2,1H3. The van der Waals surface area contributed by atoms with E-state index in [0.717, 1.165) is 0 Å². The first-order valence-corrected chi connectivity index (χ1v) is 3.37. The highest BCUT2D eigenvalue weighted by atomic mass is 35.5. The summed E-state index contributed by atoms with van der Waals surface area (Å²) in [4.78, 5) is 3.71. The molecular weight excluding hydrogens is 150 g/mol. The Morgan fingerprint density at radius 1 is 1.80 bits per heavy atom. The maximum atomic E-state index is 5.64. The van der Waals surface area contributed by atoms with Gasteiger partial charge in [-0.3, -0.25) is 0 Å². The van der Waals surface area contributed by atoms with Crippen molar-refractivity contribution >= 4 is 11.6 Å². The van der Waals surface area contributed by atoms with Crippen LogP contribution in [0.1, 0.15) is 6.92 Å². The van der Waals surface area contributed by atoms with Crippen LogP contribution >= 0.6 is 11.6 Å². The van der Waals surface area contributed by atoms with Crippen LogP contribution < -0.4 is 4.74 Å². The average molecular weight is 157 g/mol. The molecule has 53 valence electrons. The molecule has 0 spiro atoms. The molecule has 0 atom stereocenters. The van der Waals surface area contributed by atoms with Crippen molar-refractivity contribution < 1.29 is 4.74 Å². The summed E-state index contributed by atoms with van der Waals surface area (Å²) >= 11 is 5.64. The van der Waals surface area contributed by atoms with Gasteiger partial charge in [-0.15, -0.1) is 0 Å². The van der Waals surface area contributed by atoms with E-state index >= 15 is 0 Å². The molecule has 0 saturated heterocycles. The van der Waals surface area contributed by atoms with E-state index in [1.807, 2.05) is 6.92 Å². The molecule has 2 nitrogen and oxygen atoms in total. The van der Waals surface area contributed by atoms with Gasteiger partial charge in [-0.1, -0.05) is 11.6 Å². The van der Waals surface area contributed by atoms with Crippen LogP contribution in [0.5, 0.6) is 5.75 Å². The summed E-state index contributed by atoms with van der Waals surface area (Å²) in [7, 11) is 0. The SMILES string of the molecule is CCOc1cc[c]nc1Cl. The number of hydrogen-bond acceptors (Lipinski definition) is 2. The monoisotopic (exact) mass is 156 g/mol. The van der Waals surface area contributed by atoms with Gasteiger partial charge >= 0.3 is 0 Å². The Balaban J connectivity index is 2.81. The molecule has 0 aromatic carbocycles. The van der Waals surface area contributed by atoms with Crippen molar-refractivity contribution in [1.29, 1.82) is 0 Å². The number of hydrogen-bond donors (Lipinski definition) is 0. The van der Waals surface area contributed by atoms with Crippen LogP contribution in [0, 0.1) is 6.20 Å². The van der Waals surface area contributed by atoms with Gasteiger partial charge in [0.1, 0.15) is 0 Å². The number of halogens is 1. The average Bonchev–Trinajstić information content (AvgIpc) is 1.94. The Kier molecular flexibility index (Phi) is 2.51. The largest absolute Gasteiger partial charge is 0.491 e. The Bertz CT molecular complexity index is 215. The van der Waals surface area contributed by atoms with Crippen molar-refractivity contribution in [2.45, 2.75) is 6.92 Å². The summed E-state index contributed by atoms with van der Waals surface area (Å²) in [6.07, 6.45) is 2.60. The summed E-state index contributed by atoms with van der Waals surface area (Å²) in [6, 6.07) is 3.40. The Morgan fingerprint density at radius 3 is 3.20 bits per heavy atom. The first-order chi connectivity index (χ1) is 4.84. The van der Waals surface area contributed by atoms with Crippen LogP contribution in [-0.2, 0) is 0 Å². The maximum absolute atomic E-state index is 5.64. The lowest BCUT2D eigenvalue weighted by Crippen LogP contribution is -1.92. The summed E-state index contributed by atoms with van der Waals surface area (Å²) in [6.45, 7) is 2.50. The highest BCUT2D eigenvalue weighted by molar-refractivity contribution is 6.30. The van der Waals surface area contributed by atoms with E-state index in [1.54, 1.807) is 12.1 Å². The van der Waals surface area contributed by atoms with Gasteiger partial charge in [0, 0.05) is 0 Å². The van der Waals surface area contributed by atoms with Gasteiger partial charge in [0.2, 0.25) is 0 Å². The lowest BCUT2D eigenvalue weighted by Gasteiger charge is -2.01. The van der Waals surface area contributed by atoms with Gasteiger partial charge in [0.05, 0.1) is 12.8 Å². The maximum Gasteiger partial charge on any atom is 0.171 e. The number of pyridine rings is 1. The van der Waals surface area contributed by atoms with Crippen molar-refractivity contribution in [1.82, 2.24) is 4.98 Å². The molecular formula is C7H7ClNO. The van der Waals surface area contributed by atoms with Gasteiger partial charge in [-0.25, -0.2) is 4.98 Å². The molecule has 3 heteroatoms. The Morgan fingerprint density at radius 2 is 2.60 bits per heavy atom. The first kappa shape index (κ1) is 7.35. The minimum atomic E-state index is 0.365. The van der Waals surface area contributed by atoms with Crippen molar-refractivity contribution in [2.75, 3.05) is 6.61 Å². The third kappa shape index (κ3) is 1.61. The molecule has 10 heavy (non-hydrogen) atoms. The first-order valence-electron chi connectivity index (χ1n) is 3.00. The quantitative estimate of drug-likeness (QED) is 0.611. The van der Waals surface area contributed by atoms with E-state index in [1.165, 1.54) is 0 Å². The number of aromatic nitrogens is 1. The predicted octanol–water partition coefficient (Wildman–Crippen LogP) is 1.93. The third-order valence-electron chi connectivity index (χ3n) is 0.975. The lowest BCUT2D eigenvalue weighted by molar-refractivity contribution is 0.339. The molecule has 1 aromatic heterocycles. The van der Waals surface area contributed by atoms with Crippen LogP contribution in [0.3, 0.4) is 0 Å². The molecule has 0 aliphatic rings. The van der Waals surface area contributed by atoms with Gasteiger partial charge < -0.3 is 4.74 Å². The predicted molar refractivity (Wildman–Crippen MR) is 39.3 cm³/mol. The highest BCUT2D eigenvalue weighted by Crippen LogP contribution is 2.19. The van der Waals surface area contributed by atoms with Crippen LogP contribution in [0.15, 0.2) is 12.1 Å². The van der Waals surface area contributed by atoms with E-state index in [-0.39, 0.29) is 0 Å². The second-order valence-electron chi connectivity index (χ2n) is 1.66. The minimum absolute atomic E-state index is 0.365. The van der Waals surface area contributed by atoms with E-state index in [2.05, 4.69) is 11.2 Å². The third-order valence-corrected chi connectivity index (χ3v) is 1.25. The molecule has 1 radical (unpaired) electrons. The normalized spacial score (nSPS) is 9.40. The number of rotatable bonds is 2. The van der Waals surface area contributed by atoms with Crippen molar-refractivity contribution in [3.63, 3.8) is 0 Å². The fourth-order valence-corrected chi connectivity index (χ4v) is 0.760. The number of nitrogens with zero attached hydrogens (tertiary/aromatic N) is 1. The van der Waals surface area contributed by atoms with Crippen LogP contribution in [0.25, 0.3) is 0 Å². The van der Waals surface area contributed by atoms with E-state index < -0.39 is 0 Å². The van der Waals surface area contributed by atoms with Crippen LogP contribution in [-0.4, -0.2) is 11.6 Å². The summed E-state index contributed by atoms with van der Waals surface area (Å²) in [5, 5.41) is 0.365. The molecule has 0 bridgehead atoms. The Hall–Kier alpha value is -0.760. The Labute approximate surface area is 64.8 Å². The number of ether oxygens (including phenoxy) is 1. The van der Waals surface area contributed by atoms with Crippen molar-refractivity contribution in [3.05, 3.63) is 23.5 Å². The van der Waals surface area contributed by atoms with Crippen LogP contribution in [0.2, 0.25) is 5.15 Å².